The Bertz CT molecular complexity index is 375. The molecule has 2 rings (SSSR count). The summed E-state index contributed by atoms with van der Waals surface area (Å²) in [5, 5.41) is 0. The van der Waals surface area contributed by atoms with Crippen LogP contribution in [0, 0.1) is 11.8 Å². The van der Waals surface area contributed by atoms with E-state index in [4.69, 9.17) is 5.73 Å². The zero-order valence-corrected chi connectivity index (χ0v) is 12.7. The van der Waals surface area contributed by atoms with Gasteiger partial charge in [-0.1, -0.05) is 6.92 Å². The normalized spacial score (nSPS) is 28.6. The lowest BCUT2D eigenvalue weighted by Crippen LogP contribution is -2.50. The molecule has 0 aromatic heterocycles. The second-order valence-electron chi connectivity index (χ2n) is 6.03. The molecule has 0 amide bonds. The SMILES string of the molecule is CC1CCN(S(=O)(=O)N2CCCC(CCN)C2)CC1. The van der Waals surface area contributed by atoms with Crippen LogP contribution in [0.3, 0.4) is 0 Å². The molecule has 1 unspecified atom stereocenters. The minimum atomic E-state index is -3.23. The highest BCUT2D eigenvalue weighted by Gasteiger charge is 2.34. The maximum Gasteiger partial charge on any atom is 0.281 e. The molecule has 5 nitrogen and oxygen atoms in total. The summed E-state index contributed by atoms with van der Waals surface area (Å²) in [4.78, 5) is 0. The van der Waals surface area contributed by atoms with E-state index in [1.807, 2.05) is 0 Å². The molecule has 112 valence electrons. The van der Waals surface area contributed by atoms with Crippen molar-refractivity contribution in [2.75, 3.05) is 32.7 Å². The average molecular weight is 289 g/mol. The smallest absolute Gasteiger partial charge is 0.281 e. The summed E-state index contributed by atoms with van der Waals surface area (Å²) in [5.41, 5.74) is 5.59. The van der Waals surface area contributed by atoms with E-state index in [0.717, 1.165) is 32.1 Å². The average Bonchev–Trinajstić information content (AvgIpc) is 2.40. The quantitative estimate of drug-likeness (QED) is 0.840. The van der Waals surface area contributed by atoms with Crippen LogP contribution < -0.4 is 5.73 Å². The third-order valence-electron chi connectivity index (χ3n) is 4.45. The van der Waals surface area contributed by atoms with Crippen LogP contribution in [0.4, 0.5) is 0 Å². The molecule has 0 bridgehead atoms. The molecule has 2 aliphatic rings. The van der Waals surface area contributed by atoms with Crippen LogP contribution in [0.15, 0.2) is 0 Å². The van der Waals surface area contributed by atoms with Gasteiger partial charge in [0, 0.05) is 26.2 Å². The molecule has 1 atom stereocenters. The molecule has 0 radical (unpaired) electrons. The van der Waals surface area contributed by atoms with Gasteiger partial charge in [-0.25, -0.2) is 0 Å². The van der Waals surface area contributed by atoms with Gasteiger partial charge in [-0.2, -0.15) is 17.0 Å². The van der Waals surface area contributed by atoms with E-state index < -0.39 is 10.2 Å². The highest BCUT2D eigenvalue weighted by atomic mass is 32.2. The number of rotatable bonds is 4. The summed E-state index contributed by atoms with van der Waals surface area (Å²) in [6.07, 6.45) is 4.98. The third-order valence-corrected chi connectivity index (χ3v) is 6.45. The Morgan fingerprint density at radius 2 is 1.79 bits per heavy atom. The number of nitrogens with two attached hydrogens (primary N) is 1. The van der Waals surface area contributed by atoms with Crippen molar-refractivity contribution in [2.45, 2.75) is 39.0 Å². The van der Waals surface area contributed by atoms with Gasteiger partial charge in [0.25, 0.3) is 10.2 Å². The molecule has 0 aromatic carbocycles. The molecule has 6 heteroatoms. The van der Waals surface area contributed by atoms with Crippen LogP contribution in [0.2, 0.25) is 0 Å². The fourth-order valence-electron chi connectivity index (χ4n) is 3.09. The zero-order valence-electron chi connectivity index (χ0n) is 11.9. The summed E-state index contributed by atoms with van der Waals surface area (Å²) in [6.45, 7) is 5.55. The molecule has 0 saturated carbocycles. The first-order chi connectivity index (χ1) is 9.04. The van der Waals surface area contributed by atoms with Crippen LogP contribution >= 0.6 is 0 Å². The van der Waals surface area contributed by atoms with E-state index in [1.165, 1.54) is 0 Å². The minimum Gasteiger partial charge on any atom is -0.330 e. The van der Waals surface area contributed by atoms with Crippen LogP contribution in [0.5, 0.6) is 0 Å². The van der Waals surface area contributed by atoms with Gasteiger partial charge in [0.1, 0.15) is 0 Å². The monoisotopic (exact) mass is 289 g/mol. The van der Waals surface area contributed by atoms with Gasteiger partial charge in [-0.15, -0.1) is 0 Å². The maximum absolute atomic E-state index is 12.6. The summed E-state index contributed by atoms with van der Waals surface area (Å²) < 4.78 is 28.6. The Balaban J connectivity index is 1.98. The first-order valence-electron chi connectivity index (χ1n) is 7.49. The third kappa shape index (κ3) is 3.68. The Morgan fingerprint density at radius 1 is 1.11 bits per heavy atom. The summed E-state index contributed by atoms with van der Waals surface area (Å²) in [6, 6.07) is 0. The fraction of sp³-hybridized carbons (Fsp3) is 1.00. The molecule has 2 saturated heterocycles. The van der Waals surface area contributed by atoms with E-state index in [2.05, 4.69) is 6.92 Å². The van der Waals surface area contributed by atoms with Crippen molar-refractivity contribution in [2.24, 2.45) is 17.6 Å². The second kappa shape index (κ2) is 6.52. The highest BCUT2D eigenvalue weighted by Crippen LogP contribution is 2.25. The van der Waals surface area contributed by atoms with E-state index >= 15 is 0 Å². The van der Waals surface area contributed by atoms with E-state index in [9.17, 15) is 8.42 Å². The molecule has 2 fully saturated rings. The highest BCUT2D eigenvalue weighted by molar-refractivity contribution is 7.86. The summed E-state index contributed by atoms with van der Waals surface area (Å²) >= 11 is 0. The lowest BCUT2D eigenvalue weighted by Gasteiger charge is -2.37. The van der Waals surface area contributed by atoms with Crippen molar-refractivity contribution < 1.29 is 8.42 Å². The molecular weight excluding hydrogens is 262 g/mol. The van der Waals surface area contributed by atoms with Gasteiger partial charge in [-0.05, 0) is 50.5 Å². The molecule has 2 heterocycles. The first-order valence-corrected chi connectivity index (χ1v) is 8.89. The molecule has 19 heavy (non-hydrogen) atoms. The Kier molecular flexibility index (Phi) is 5.22. The second-order valence-corrected chi connectivity index (χ2v) is 7.96. The predicted octanol–water partition coefficient (Wildman–Crippen LogP) is 1.02. The maximum atomic E-state index is 12.6. The van der Waals surface area contributed by atoms with E-state index in [-0.39, 0.29) is 0 Å². The van der Waals surface area contributed by atoms with Crippen LogP contribution in [0.25, 0.3) is 0 Å². The number of hydrogen-bond acceptors (Lipinski definition) is 3. The van der Waals surface area contributed by atoms with Gasteiger partial charge < -0.3 is 5.73 Å². The molecule has 2 N–H and O–H groups in total. The Labute approximate surface area is 117 Å². The number of piperidine rings is 2. The van der Waals surface area contributed by atoms with Crippen LogP contribution in [-0.2, 0) is 10.2 Å². The molecule has 0 aliphatic carbocycles. The van der Waals surface area contributed by atoms with Crippen molar-refractivity contribution in [3.05, 3.63) is 0 Å². The summed E-state index contributed by atoms with van der Waals surface area (Å²) in [7, 11) is -3.23. The molecule has 0 aromatic rings. The standard InChI is InChI=1S/C13H27N3O2S/c1-12-5-9-15(10-6-12)19(17,18)16-8-2-3-13(11-16)4-7-14/h12-13H,2-11,14H2,1H3. The molecule has 0 spiro atoms. The van der Waals surface area contributed by atoms with Gasteiger partial charge >= 0.3 is 0 Å². The van der Waals surface area contributed by atoms with Gasteiger partial charge in [0.05, 0.1) is 0 Å². The van der Waals surface area contributed by atoms with E-state index in [0.29, 0.717) is 44.6 Å². The van der Waals surface area contributed by atoms with Crippen molar-refractivity contribution in [3.8, 4) is 0 Å². The number of hydrogen-bond donors (Lipinski definition) is 1. The fourth-order valence-corrected chi connectivity index (χ4v) is 4.84. The van der Waals surface area contributed by atoms with Gasteiger partial charge in [0.15, 0.2) is 0 Å². The lowest BCUT2D eigenvalue weighted by molar-refractivity contribution is 0.222. The van der Waals surface area contributed by atoms with Crippen molar-refractivity contribution in [3.63, 3.8) is 0 Å². The van der Waals surface area contributed by atoms with Crippen LogP contribution in [-0.4, -0.2) is 49.8 Å². The topological polar surface area (TPSA) is 66.6 Å². The van der Waals surface area contributed by atoms with Crippen molar-refractivity contribution >= 4 is 10.2 Å². The minimum absolute atomic E-state index is 0.442. The van der Waals surface area contributed by atoms with Crippen molar-refractivity contribution in [1.82, 2.24) is 8.61 Å². The van der Waals surface area contributed by atoms with E-state index in [1.54, 1.807) is 8.61 Å². The van der Waals surface area contributed by atoms with Gasteiger partial charge in [0.2, 0.25) is 0 Å². The predicted molar refractivity (Wildman–Crippen MR) is 76.9 cm³/mol. The summed E-state index contributed by atoms with van der Waals surface area (Å²) in [5.74, 6) is 1.09. The largest absolute Gasteiger partial charge is 0.330 e. The first kappa shape index (κ1) is 15.2. The molecular formula is C13H27N3O2S. The van der Waals surface area contributed by atoms with Gasteiger partial charge in [-0.3, -0.25) is 0 Å². The zero-order chi connectivity index (χ0) is 13.9. The Morgan fingerprint density at radius 3 is 2.42 bits per heavy atom. The number of nitrogens with zero attached hydrogens (tertiary/aromatic N) is 2. The van der Waals surface area contributed by atoms with Crippen LogP contribution in [0.1, 0.15) is 39.0 Å². The Hall–Kier alpha value is -0.170. The lowest BCUT2D eigenvalue weighted by atomic mass is 9.96. The van der Waals surface area contributed by atoms with Crippen molar-refractivity contribution in [1.29, 1.82) is 0 Å². The molecule has 2 aliphatic heterocycles.